The summed E-state index contributed by atoms with van der Waals surface area (Å²) in [5.74, 6) is -0.666. The van der Waals surface area contributed by atoms with Crippen molar-refractivity contribution in [2.45, 2.75) is 44.9 Å². The number of nitrogens with zero attached hydrogens (tertiary/aromatic N) is 1. The number of hydrogen-bond donors (Lipinski definition) is 0. The predicted molar refractivity (Wildman–Crippen MR) is 88.8 cm³/mol. The Morgan fingerprint density at radius 1 is 1.50 bits per heavy atom. The lowest BCUT2D eigenvalue weighted by Crippen LogP contribution is -2.39. The Morgan fingerprint density at radius 3 is 3.17 bits per heavy atom. The van der Waals surface area contributed by atoms with Crippen LogP contribution >= 0.6 is 11.3 Å². The molecule has 1 saturated heterocycles. The molecule has 24 heavy (non-hydrogen) atoms. The molecule has 1 aromatic rings. The van der Waals surface area contributed by atoms with E-state index >= 15 is 0 Å². The van der Waals surface area contributed by atoms with Gasteiger partial charge < -0.3 is 19.1 Å². The summed E-state index contributed by atoms with van der Waals surface area (Å²) >= 11 is 1.73. The lowest BCUT2D eigenvalue weighted by Gasteiger charge is -2.27. The predicted octanol–water partition coefficient (Wildman–Crippen LogP) is 1.76. The fourth-order valence-electron chi connectivity index (χ4n) is 2.90. The Balaban J connectivity index is 1.38. The van der Waals surface area contributed by atoms with Gasteiger partial charge in [0.25, 0.3) is 5.91 Å². The van der Waals surface area contributed by atoms with Crippen molar-refractivity contribution in [3.05, 3.63) is 21.9 Å². The van der Waals surface area contributed by atoms with Crippen LogP contribution in [0.1, 0.15) is 30.2 Å². The van der Waals surface area contributed by atoms with Crippen molar-refractivity contribution >= 4 is 23.2 Å². The molecule has 2 aliphatic rings. The second-order valence-corrected chi connectivity index (χ2v) is 7.15. The molecule has 0 N–H and O–H groups in total. The molecule has 132 valence electrons. The maximum Gasteiger partial charge on any atom is 0.335 e. The third-order valence-electron chi connectivity index (χ3n) is 4.39. The average Bonchev–Trinajstić information content (AvgIpc) is 3.27. The fraction of sp³-hybridized carbons (Fsp3) is 0.647. The van der Waals surface area contributed by atoms with Crippen LogP contribution in [0.2, 0.25) is 0 Å². The summed E-state index contributed by atoms with van der Waals surface area (Å²) in [6, 6.07) is 2.05. The van der Waals surface area contributed by atoms with Crippen LogP contribution in [0.15, 0.2) is 11.4 Å². The first-order valence-corrected chi connectivity index (χ1v) is 9.24. The highest BCUT2D eigenvalue weighted by atomic mass is 32.1. The van der Waals surface area contributed by atoms with Crippen LogP contribution in [0.3, 0.4) is 0 Å². The van der Waals surface area contributed by atoms with E-state index in [9.17, 15) is 9.59 Å². The molecule has 1 aromatic heterocycles. The van der Waals surface area contributed by atoms with Crippen LogP contribution in [-0.4, -0.2) is 55.3 Å². The molecule has 2 aliphatic heterocycles. The first-order chi connectivity index (χ1) is 11.6. The summed E-state index contributed by atoms with van der Waals surface area (Å²) in [6.07, 6.45) is 2.23. The molecule has 0 saturated carbocycles. The summed E-state index contributed by atoms with van der Waals surface area (Å²) < 4.78 is 16.0. The van der Waals surface area contributed by atoms with Gasteiger partial charge in [0.2, 0.25) is 0 Å². The summed E-state index contributed by atoms with van der Waals surface area (Å²) in [5, 5.41) is 2.05. The van der Waals surface area contributed by atoms with Crippen LogP contribution in [0.25, 0.3) is 0 Å². The van der Waals surface area contributed by atoms with Crippen LogP contribution in [-0.2, 0) is 36.8 Å². The minimum Gasteiger partial charge on any atom is -0.454 e. The molecule has 2 atom stereocenters. The van der Waals surface area contributed by atoms with E-state index in [1.165, 1.54) is 10.4 Å². The zero-order valence-corrected chi connectivity index (χ0v) is 14.7. The van der Waals surface area contributed by atoms with Crippen LogP contribution in [0.4, 0.5) is 0 Å². The lowest BCUT2D eigenvalue weighted by atomic mass is 10.1. The topological polar surface area (TPSA) is 65.1 Å². The second kappa shape index (κ2) is 8.09. The fourth-order valence-corrected chi connectivity index (χ4v) is 3.79. The normalized spacial score (nSPS) is 21.4. The number of hydrogen-bond acceptors (Lipinski definition) is 6. The lowest BCUT2D eigenvalue weighted by molar-refractivity contribution is -0.162. The van der Waals surface area contributed by atoms with E-state index in [4.69, 9.17) is 14.2 Å². The standard InChI is InChI=1S/C17H23NO5S/c1-12(22-10-14-3-2-7-21-14)17(20)23-11-16(19)18-6-4-15-13(9-18)5-8-24-15/h5,8,12,14H,2-4,6-7,9-11H2,1H3. The van der Waals surface area contributed by atoms with E-state index < -0.39 is 12.1 Å². The minimum absolute atomic E-state index is 0.0649. The van der Waals surface area contributed by atoms with E-state index in [0.717, 1.165) is 25.9 Å². The van der Waals surface area contributed by atoms with E-state index in [0.29, 0.717) is 19.7 Å². The van der Waals surface area contributed by atoms with E-state index in [1.807, 2.05) is 11.4 Å². The molecule has 7 heteroatoms. The first-order valence-electron chi connectivity index (χ1n) is 8.36. The van der Waals surface area contributed by atoms with E-state index in [2.05, 4.69) is 0 Å². The summed E-state index contributed by atoms with van der Waals surface area (Å²) in [7, 11) is 0. The molecule has 0 bridgehead atoms. The number of thiophene rings is 1. The number of rotatable bonds is 6. The van der Waals surface area contributed by atoms with E-state index in [1.54, 1.807) is 23.2 Å². The van der Waals surface area contributed by atoms with Crippen LogP contribution < -0.4 is 0 Å². The molecule has 1 amide bonds. The number of fused-ring (bicyclic) bond motifs is 1. The van der Waals surface area contributed by atoms with Gasteiger partial charge in [-0.3, -0.25) is 4.79 Å². The minimum atomic E-state index is -0.688. The third kappa shape index (κ3) is 4.34. The zero-order valence-electron chi connectivity index (χ0n) is 13.9. The summed E-state index contributed by atoms with van der Waals surface area (Å²) in [5.41, 5.74) is 1.19. The summed E-state index contributed by atoms with van der Waals surface area (Å²) in [4.78, 5) is 27.2. The molecule has 0 aliphatic carbocycles. The Morgan fingerprint density at radius 2 is 2.38 bits per heavy atom. The molecule has 0 aromatic carbocycles. The monoisotopic (exact) mass is 353 g/mol. The molecular weight excluding hydrogens is 330 g/mol. The van der Waals surface area contributed by atoms with Crippen molar-refractivity contribution in [3.63, 3.8) is 0 Å². The van der Waals surface area contributed by atoms with Crippen molar-refractivity contribution in [2.24, 2.45) is 0 Å². The van der Waals surface area contributed by atoms with Crippen molar-refractivity contribution in [1.82, 2.24) is 4.90 Å². The Kier molecular flexibility index (Phi) is 5.86. The Bertz CT molecular complexity index is 581. The van der Waals surface area contributed by atoms with Crippen molar-refractivity contribution in [1.29, 1.82) is 0 Å². The quantitative estimate of drug-likeness (QED) is 0.729. The molecule has 2 unspecified atom stereocenters. The molecule has 3 rings (SSSR count). The third-order valence-corrected chi connectivity index (χ3v) is 5.41. The molecule has 0 spiro atoms. The van der Waals surface area contributed by atoms with Crippen LogP contribution in [0.5, 0.6) is 0 Å². The van der Waals surface area contributed by atoms with Gasteiger partial charge in [0.05, 0.1) is 12.7 Å². The van der Waals surface area contributed by atoms with Crippen molar-refractivity contribution < 1.29 is 23.8 Å². The van der Waals surface area contributed by atoms with Gasteiger partial charge in [0, 0.05) is 24.6 Å². The van der Waals surface area contributed by atoms with Gasteiger partial charge in [-0.2, -0.15) is 0 Å². The second-order valence-electron chi connectivity index (χ2n) is 6.15. The van der Waals surface area contributed by atoms with Crippen LogP contribution in [0, 0.1) is 0 Å². The Labute approximate surface area is 145 Å². The molecule has 1 fully saturated rings. The zero-order chi connectivity index (χ0) is 16.9. The Hall–Kier alpha value is -1.44. The number of ether oxygens (including phenoxy) is 3. The van der Waals surface area contributed by atoms with Gasteiger partial charge in [-0.05, 0) is 43.2 Å². The van der Waals surface area contributed by atoms with Crippen molar-refractivity contribution in [2.75, 3.05) is 26.4 Å². The number of esters is 1. The molecule has 0 radical (unpaired) electrons. The highest BCUT2D eigenvalue weighted by Crippen LogP contribution is 2.24. The molecule has 6 nitrogen and oxygen atoms in total. The maximum absolute atomic E-state index is 12.2. The van der Waals surface area contributed by atoms with Crippen molar-refractivity contribution in [3.8, 4) is 0 Å². The van der Waals surface area contributed by atoms with Gasteiger partial charge in [-0.1, -0.05) is 0 Å². The van der Waals surface area contributed by atoms with E-state index in [-0.39, 0.29) is 18.6 Å². The number of carbonyl (C=O) groups excluding carboxylic acids is 2. The SMILES string of the molecule is CC(OCC1CCCO1)C(=O)OCC(=O)N1CCc2sccc2C1. The van der Waals surface area contributed by atoms with Gasteiger partial charge in [-0.25, -0.2) is 4.79 Å². The van der Waals surface area contributed by atoms with Gasteiger partial charge in [-0.15, -0.1) is 11.3 Å². The van der Waals surface area contributed by atoms with Gasteiger partial charge >= 0.3 is 5.97 Å². The smallest absolute Gasteiger partial charge is 0.335 e. The average molecular weight is 353 g/mol. The largest absolute Gasteiger partial charge is 0.454 e. The first kappa shape index (κ1) is 17.4. The summed E-state index contributed by atoms with van der Waals surface area (Å²) in [6.45, 7) is 3.82. The number of amides is 1. The molecule has 3 heterocycles. The molecular formula is C17H23NO5S. The van der Waals surface area contributed by atoms with Gasteiger partial charge in [0.15, 0.2) is 12.7 Å². The van der Waals surface area contributed by atoms with Gasteiger partial charge in [0.1, 0.15) is 0 Å². The maximum atomic E-state index is 12.2. The highest BCUT2D eigenvalue weighted by molar-refractivity contribution is 7.10. The number of carbonyl (C=O) groups is 2. The highest BCUT2D eigenvalue weighted by Gasteiger charge is 2.24.